The molecular formula is C9H19NO. The molecule has 0 aromatic carbocycles. The molecule has 1 aliphatic rings. The van der Waals surface area contributed by atoms with Crippen LogP contribution in [0.3, 0.4) is 0 Å². The van der Waals surface area contributed by atoms with Crippen LogP contribution in [0.2, 0.25) is 0 Å². The lowest BCUT2D eigenvalue weighted by Gasteiger charge is -2.18. The van der Waals surface area contributed by atoms with Crippen molar-refractivity contribution < 1.29 is 4.74 Å². The van der Waals surface area contributed by atoms with E-state index in [0.717, 1.165) is 19.1 Å². The molecule has 3 unspecified atom stereocenters. The van der Waals surface area contributed by atoms with Gasteiger partial charge in [-0.15, -0.1) is 0 Å². The minimum atomic E-state index is 0.386. The van der Waals surface area contributed by atoms with Crippen LogP contribution in [0.1, 0.15) is 26.7 Å². The van der Waals surface area contributed by atoms with E-state index in [1.165, 1.54) is 12.8 Å². The average Bonchev–Trinajstić information content (AvgIpc) is 2.29. The molecule has 2 heteroatoms. The smallest absolute Gasteiger partial charge is 0.0511 e. The number of ether oxygens (including phenoxy) is 1. The SMILES string of the molecule is CCOCC1C(C)CCC1N. The summed E-state index contributed by atoms with van der Waals surface area (Å²) in [4.78, 5) is 0. The second-order valence-electron chi connectivity index (χ2n) is 3.54. The van der Waals surface area contributed by atoms with Gasteiger partial charge in [0.05, 0.1) is 6.61 Å². The molecule has 66 valence electrons. The summed E-state index contributed by atoms with van der Waals surface area (Å²) in [5.74, 6) is 1.37. The van der Waals surface area contributed by atoms with Crippen LogP contribution in [-0.4, -0.2) is 19.3 Å². The van der Waals surface area contributed by atoms with Gasteiger partial charge in [0.25, 0.3) is 0 Å². The zero-order valence-corrected chi connectivity index (χ0v) is 7.55. The van der Waals surface area contributed by atoms with E-state index in [9.17, 15) is 0 Å². The molecule has 0 aromatic heterocycles. The van der Waals surface area contributed by atoms with Gasteiger partial charge < -0.3 is 10.5 Å². The van der Waals surface area contributed by atoms with Crippen LogP contribution in [-0.2, 0) is 4.74 Å². The van der Waals surface area contributed by atoms with Crippen molar-refractivity contribution in [2.75, 3.05) is 13.2 Å². The largest absolute Gasteiger partial charge is 0.381 e. The Labute approximate surface area is 69.1 Å². The maximum atomic E-state index is 5.93. The van der Waals surface area contributed by atoms with E-state index in [1.807, 2.05) is 6.92 Å². The van der Waals surface area contributed by atoms with Crippen molar-refractivity contribution in [2.24, 2.45) is 17.6 Å². The summed E-state index contributed by atoms with van der Waals surface area (Å²) in [6.45, 7) is 5.98. The topological polar surface area (TPSA) is 35.2 Å². The van der Waals surface area contributed by atoms with Crippen molar-refractivity contribution in [1.82, 2.24) is 0 Å². The molecule has 3 atom stereocenters. The van der Waals surface area contributed by atoms with Crippen LogP contribution in [0.5, 0.6) is 0 Å². The highest BCUT2D eigenvalue weighted by Crippen LogP contribution is 2.30. The summed E-state index contributed by atoms with van der Waals surface area (Å²) >= 11 is 0. The van der Waals surface area contributed by atoms with Crippen molar-refractivity contribution in [2.45, 2.75) is 32.7 Å². The minimum Gasteiger partial charge on any atom is -0.381 e. The molecule has 2 N–H and O–H groups in total. The van der Waals surface area contributed by atoms with Gasteiger partial charge in [0, 0.05) is 12.6 Å². The maximum Gasteiger partial charge on any atom is 0.0511 e. The first kappa shape index (κ1) is 9.01. The summed E-state index contributed by atoms with van der Waals surface area (Å²) in [6, 6.07) is 0.386. The van der Waals surface area contributed by atoms with Crippen LogP contribution in [0.25, 0.3) is 0 Å². The van der Waals surface area contributed by atoms with Gasteiger partial charge in [0.2, 0.25) is 0 Å². The molecule has 2 nitrogen and oxygen atoms in total. The predicted octanol–water partition coefficient (Wildman–Crippen LogP) is 1.40. The Morgan fingerprint density at radius 2 is 2.18 bits per heavy atom. The molecule has 11 heavy (non-hydrogen) atoms. The third kappa shape index (κ3) is 2.17. The normalized spacial score (nSPS) is 37.9. The first-order valence-corrected chi connectivity index (χ1v) is 4.59. The van der Waals surface area contributed by atoms with Crippen molar-refractivity contribution in [1.29, 1.82) is 0 Å². The lowest BCUT2D eigenvalue weighted by atomic mass is 9.97. The quantitative estimate of drug-likeness (QED) is 0.672. The monoisotopic (exact) mass is 157 g/mol. The average molecular weight is 157 g/mol. The van der Waals surface area contributed by atoms with Gasteiger partial charge >= 0.3 is 0 Å². The van der Waals surface area contributed by atoms with Crippen LogP contribution >= 0.6 is 0 Å². The summed E-state index contributed by atoms with van der Waals surface area (Å²) in [5.41, 5.74) is 5.93. The van der Waals surface area contributed by atoms with Gasteiger partial charge in [0.1, 0.15) is 0 Å². The lowest BCUT2D eigenvalue weighted by Crippen LogP contribution is -2.30. The third-order valence-corrected chi connectivity index (χ3v) is 2.75. The summed E-state index contributed by atoms with van der Waals surface area (Å²) < 4.78 is 5.38. The van der Waals surface area contributed by atoms with Crippen molar-refractivity contribution in [3.63, 3.8) is 0 Å². The standard InChI is InChI=1S/C9H19NO/c1-3-11-6-8-7(2)4-5-9(8)10/h7-9H,3-6,10H2,1-2H3. The zero-order valence-electron chi connectivity index (χ0n) is 7.55. The van der Waals surface area contributed by atoms with Gasteiger partial charge in [-0.3, -0.25) is 0 Å². The molecule has 1 aliphatic carbocycles. The van der Waals surface area contributed by atoms with Gasteiger partial charge in [0.15, 0.2) is 0 Å². The second-order valence-corrected chi connectivity index (χ2v) is 3.54. The molecule has 0 amide bonds. The summed E-state index contributed by atoms with van der Waals surface area (Å²) in [6.07, 6.45) is 2.46. The highest BCUT2D eigenvalue weighted by Gasteiger charge is 2.30. The lowest BCUT2D eigenvalue weighted by molar-refractivity contribution is 0.0928. The van der Waals surface area contributed by atoms with Gasteiger partial charge in [-0.2, -0.15) is 0 Å². The molecule has 0 aliphatic heterocycles. The molecule has 0 heterocycles. The first-order chi connectivity index (χ1) is 5.25. The van der Waals surface area contributed by atoms with Crippen LogP contribution in [0.4, 0.5) is 0 Å². The fourth-order valence-corrected chi connectivity index (χ4v) is 1.85. The van der Waals surface area contributed by atoms with E-state index in [-0.39, 0.29) is 0 Å². The Morgan fingerprint density at radius 3 is 2.64 bits per heavy atom. The zero-order chi connectivity index (χ0) is 8.27. The van der Waals surface area contributed by atoms with E-state index < -0.39 is 0 Å². The summed E-state index contributed by atoms with van der Waals surface area (Å²) in [7, 11) is 0. The third-order valence-electron chi connectivity index (χ3n) is 2.75. The van der Waals surface area contributed by atoms with Gasteiger partial charge in [-0.25, -0.2) is 0 Å². The Bertz CT molecular complexity index is 106. The molecule has 0 spiro atoms. The molecule has 0 aromatic rings. The second kappa shape index (κ2) is 4.07. The first-order valence-electron chi connectivity index (χ1n) is 4.59. The molecule has 0 saturated heterocycles. The highest BCUT2D eigenvalue weighted by molar-refractivity contribution is 4.84. The predicted molar refractivity (Wildman–Crippen MR) is 46.4 cm³/mol. The van der Waals surface area contributed by atoms with Crippen molar-refractivity contribution >= 4 is 0 Å². The Kier molecular flexibility index (Phi) is 3.34. The van der Waals surface area contributed by atoms with E-state index in [4.69, 9.17) is 10.5 Å². The van der Waals surface area contributed by atoms with E-state index >= 15 is 0 Å². The van der Waals surface area contributed by atoms with E-state index in [2.05, 4.69) is 6.92 Å². The van der Waals surface area contributed by atoms with E-state index in [0.29, 0.717) is 12.0 Å². The highest BCUT2D eigenvalue weighted by atomic mass is 16.5. The number of rotatable bonds is 3. The number of hydrogen-bond donors (Lipinski definition) is 1. The fraction of sp³-hybridized carbons (Fsp3) is 1.00. The summed E-state index contributed by atoms with van der Waals surface area (Å²) in [5, 5.41) is 0. The number of hydrogen-bond acceptors (Lipinski definition) is 2. The molecule has 0 bridgehead atoms. The van der Waals surface area contributed by atoms with Crippen LogP contribution < -0.4 is 5.73 Å². The van der Waals surface area contributed by atoms with Crippen LogP contribution in [0, 0.1) is 11.8 Å². The molecule has 1 rings (SSSR count). The number of nitrogens with two attached hydrogens (primary N) is 1. The Hall–Kier alpha value is -0.0800. The van der Waals surface area contributed by atoms with Gasteiger partial charge in [-0.1, -0.05) is 6.92 Å². The van der Waals surface area contributed by atoms with E-state index in [1.54, 1.807) is 0 Å². The van der Waals surface area contributed by atoms with Gasteiger partial charge in [-0.05, 0) is 31.6 Å². The van der Waals surface area contributed by atoms with Crippen LogP contribution in [0.15, 0.2) is 0 Å². The van der Waals surface area contributed by atoms with Crippen molar-refractivity contribution in [3.8, 4) is 0 Å². The minimum absolute atomic E-state index is 0.386. The Balaban J connectivity index is 2.29. The maximum absolute atomic E-state index is 5.93. The molecular weight excluding hydrogens is 138 g/mol. The van der Waals surface area contributed by atoms with Crippen molar-refractivity contribution in [3.05, 3.63) is 0 Å². The molecule has 1 saturated carbocycles. The molecule has 0 radical (unpaired) electrons. The fourth-order valence-electron chi connectivity index (χ4n) is 1.85. The molecule has 1 fully saturated rings. The Morgan fingerprint density at radius 1 is 1.45 bits per heavy atom.